The summed E-state index contributed by atoms with van der Waals surface area (Å²) >= 11 is 5.98. The highest BCUT2D eigenvalue weighted by Crippen LogP contribution is 2.19. The Morgan fingerprint density at radius 3 is 2.74 bits per heavy atom. The quantitative estimate of drug-likeness (QED) is 0.588. The smallest absolute Gasteiger partial charge is 0.350 e. The second-order valence-corrected chi connectivity index (χ2v) is 6.74. The number of aryl methyl sites for hydroxylation is 1. The minimum Gasteiger partial charge on any atom is -0.350 e. The van der Waals surface area contributed by atoms with Gasteiger partial charge in [0.25, 0.3) is 0 Å². The molecule has 0 atom stereocenters. The number of carbonyl (C=O) groups excluding carboxylic acids is 1. The standard InChI is InChI=1S/C19H16ClN5O2/c1-12-2-4-13(5-3-12)9-21-17(26)10-25-19(27)24-11-22-16-8-14(20)6-7-15(16)18(24)23-25/h2-8,11H,9-10H2,1H3,(H,21,26). The van der Waals surface area contributed by atoms with Crippen LogP contribution in [0.4, 0.5) is 0 Å². The van der Waals surface area contributed by atoms with Crippen LogP contribution in [0.15, 0.2) is 53.6 Å². The maximum atomic E-state index is 12.5. The second-order valence-electron chi connectivity index (χ2n) is 6.30. The Kier molecular flexibility index (Phi) is 4.37. The van der Waals surface area contributed by atoms with Crippen molar-refractivity contribution < 1.29 is 4.79 Å². The molecule has 0 radical (unpaired) electrons. The summed E-state index contributed by atoms with van der Waals surface area (Å²) in [5.74, 6) is -0.290. The van der Waals surface area contributed by atoms with E-state index in [9.17, 15) is 9.59 Å². The second kappa shape index (κ2) is 6.85. The van der Waals surface area contributed by atoms with Crippen molar-refractivity contribution in [2.45, 2.75) is 20.0 Å². The molecule has 0 aliphatic heterocycles. The zero-order valence-corrected chi connectivity index (χ0v) is 15.3. The SMILES string of the molecule is Cc1ccc(CNC(=O)Cn2nc3c4ccc(Cl)cc4ncn3c2=O)cc1. The van der Waals surface area contributed by atoms with Gasteiger partial charge in [-0.2, -0.15) is 0 Å². The molecule has 7 nitrogen and oxygen atoms in total. The van der Waals surface area contributed by atoms with Crippen LogP contribution in [0.5, 0.6) is 0 Å². The van der Waals surface area contributed by atoms with Gasteiger partial charge in [-0.05, 0) is 30.7 Å². The number of nitrogens with one attached hydrogen (secondary N) is 1. The van der Waals surface area contributed by atoms with Crippen molar-refractivity contribution in [2.75, 3.05) is 0 Å². The minimum atomic E-state index is -0.417. The lowest BCUT2D eigenvalue weighted by atomic mass is 10.1. The molecule has 0 aliphatic rings. The predicted molar refractivity (Wildman–Crippen MR) is 103 cm³/mol. The first-order chi connectivity index (χ1) is 13.0. The van der Waals surface area contributed by atoms with Crippen molar-refractivity contribution in [1.82, 2.24) is 24.5 Å². The summed E-state index contributed by atoms with van der Waals surface area (Å²) in [4.78, 5) is 29.0. The van der Waals surface area contributed by atoms with Crippen molar-refractivity contribution in [2.24, 2.45) is 0 Å². The Balaban J connectivity index is 1.57. The molecule has 0 fully saturated rings. The fraction of sp³-hybridized carbons (Fsp3) is 0.158. The van der Waals surface area contributed by atoms with Gasteiger partial charge in [0.15, 0.2) is 5.65 Å². The molecule has 27 heavy (non-hydrogen) atoms. The summed E-state index contributed by atoms with van der Waals surface area (Å²) in [6.45, 7) is 2.23. The molecule has 0 aliphatic carbocycles. The third kappa shape index (κ3) is 3.41. The van der Waals surface area contributed by atoms with E-state index < -0.39 is 5.69 Å². The first-order valence-corrected chi connectivity index (χ1v) is 8.75. The van der Waals surface area contributed by atoms with Crippen LogP contribution in [0, 0.1) is 6.92 Å². The van der Waals surface area contributed by atoms with Crippen LogP contribution in [0.1, 0.15) is 11.1 Å². The molecule has 0 saturated carbocycles. The molecule has 1 N–H and O–H groups in total. The fourth-order valence-corrected chi connectivity index (χ4v) is 3.00. The molecule has 2 heterocycles. The third-order valence-electron chi connectivity index (χ3n) is 4.29. The van der Waals surface area contributed by atoms with Gasteiger partial charge < -0.3 is 5.32 Å². The average Bonchev–Trinajstić information content (AvgIpc) is 2.97. The first kappa shape index (κ1) is 17.2. The summed E-state index contributed by atoms with van der Waals surface area (Å²) in [6.07, 6.45) is 1.39. The van der Waals surface area contributed by atoms with Crippen molar-refractivity contribution in [3.63, 3.8) is 0 Å². The lowest BCUT2D eigenvalue weighted by Crippen LogP contribution is -2.32. The number of benzene rings is 2. The number of nitrogens with zero attached hydrogens (tertiary/aromatic N) is 4. The Morgan fingerprint density at radius 1 is 1.19 bits per heavy atom. The summed E-state index contributed by atoms with van der Waals surface area (Å²) in [5, 5.41) is 8.35. The number of halogens is 1. The molecule has 4 aromatic rings. The molecule has 2 aromatic carbocycles. The molecule has 1 amide bonds. The molecule has 136 valence electrons. The van der Waals surface area contributed by atoms with Gasteiger partial charge in [0.05, 0.1) is 5.52 Å². The first-order valence-electron chi connectivity index (χ1n) is 8.37. The zero-order chi connectivity index (χ0) is 19.0. The van der Waals surface area contributed by atoms with E-state index in [-0.39, 0.29) is 12.5 Å². The van der Waals surface area contributed by atoms with Gasteiger partial charge >= 0.3 is 5.69 Å². The van der Waals surface area contributed by atoms with Crippen molar-refractivity contribution in [3.05, 3.63) is 75.4 Å². The van der Waals surface area contributed by atoms with E-state index in [0.29, 0.717) is 28.1 Å². The number of hydrogen-bond acceptors (Lipinski definition) is 4. The van der Waals surface area contributed by atoms with Crippen molar-refractivity contribution in [1.29, 1.82) is 0 Å². The van der Waals surface area contributed by atoms with E-state index in [1.165, 1.54) is 10.7 Å². The number of aromatic nitrogens is 4. The van der Waals surface area contributed by atoms with E-state index in [1.807, 2.05) is 31.2 Å². The summed E-state index contributed by atoms with van der Waals surface area (Å²) in [5.41, 5.74) is 2.80. The summed E-state index contributed by atoms with van der Waals surface area (Å²) in [7, 11) is 0. The van der Waals surface area contributed by atoms with Crippen molar-refractivity contribution in [3.8, 4) is 0 Å². The molecule has 2 aromatic heterocycles. The van der Waals surface area contributed by atoms with Gasteiger partial charge in [-0.1, -0.05) is 41.4 Å². The molecule has 0 bridgehead atoms. The van der Waals surface area contributed by atoms with Crippen LogP contribution in [0.2, 0.25) is 5.02 Å². The average molecular weight is 382 g/mol. The van der Waals surface area contributed by atoms with Crippen LogP contribution < -0.4 is 11.0 Å². The van der Waals surface area contributed by atoms with Gasteiger partial charge in [-0.15, -0.1) is 5.10 Å². The fourth-order valence-electron chi connectivity index (χ4n) is 2.83. The number of rotatable bonds is 4. The highest BCUT2D eigenvalue weighted by Gasteiger charge is 2.13. The molecule has 0 spiro atoms. The van der Waals surface area contributed by atoms with E-state index in [0.717, 1.165) is 15.8 Å². The number of hydrogen-bond donors (Lipinski definition) is 1. The highest BCUT2D eigenvalue weighted by atomic mass is 35.5. The maximum absolute atomic E-state index is 12.5. The van der Waals surface area contributed by atoms with E-state index in [1.54, 1.807) is 18.2 Å². The van der Waals surface area contributed by atoms with Gasteiger partial charge in [-0.3, -0.25) is 4.79 Å². The number of carbonyl (C=O) groups is 1. The Labute approximate surface area is 159 Å². The molecule has 8 heteroatoms. The van der Waals surface area contributed by atoms with Gasteiger partial charge in [-0.25, -0.2) is 18.9 Å². The van der Waals surface area contributed by atoms with E-state index in [4.69, 9.17) is 11.6 Å². The van der Waals surface area contributed by atoms with Crippen LogP contribution in [0.3, 0.4) is 0 Å². The minimum absolute atomic E-state index is 0.165. The zero-order valence-electron chi connectivity index (χ0n) is 14.5. The molecular formula is C19H16ClN5O2. The lowest BCUT2D eigenvalue weighted by molar-refractivity contribution is -0.122. The van der Waals surface area contributed by atoms with Crippen LogP contribution in [-0.4, -0.2) is 25.1 Å². The number of amides is 1. The van der Waals surface area contributed by atoms with Crippen LogP contribution in [0.25, 0.3) is 16.6 Å². The Hall–Kier alpha value is -3.19. The molecule has 0 unspecified atom stereocenters. The van der Waals surface area contributed by atoms with Crippen LogP contribution in [-0.2, 0) is 17.9 Å². The van der Waals surface area contributed by atoms with Gasteiger partial charge in [0.2, 0.25) is 5.91 Å². The highest BCUT2D eigenvalue weighted by molar-refractivity contribution is 6.31. The lowest BCUT2D eigenvalue weighted by Gasteiger charge is -2.05. The maximum Gasteiger partial charge on any atom is 0.352 e. The van der Waals surface area contributed by atoms with Crippen LogP contribution >= 0.6 is 11.6 Å². The van der Waals surface area contributed by atoms with Gasteiger partial charge in [0, 0.05) is 17.0 Å². The topological polar surface area (TPSA) is 81.3 Å². The molecule has 4 rings (SSSR count). The monoisotopic (exact) mass is 381 g/mol. The number of fused-ring (bicyclic) bond motifs is 3. The Morgan fingerprint density at radius 2 is 1.96 bits per heavy atom. The normalized spacial score (nSPS) is 11.2. The largest absolute Gasteiger partial charge is 0.352 e. The molecule has 0 saturated heterocycles. The van der Waals surface area contributed by atoms with E-state index >= 15 is 0 Å². The predicted octanol–water partition coefficient (Wildman–Crippen LogP) is 2.32. The van der Waals surface area contributed by atoms with Gasteiger partial charge in [0.1, 0.15) is 12.9 Å². The summed E-state index contributed by atoms with van der Waals surface area (Å²) < 4.78 is 2.46. The molecular weight excluding hydrogens is 366 g/mol. The third-order valence-corrected chi connectivity index (χ3v) is 4.52. The Bertz CT molecular complexity index is 1210. The van der Waals surface area contributed by atoms with E-state index in [2.05, 4.69) is 15.4 Å². The summed E-state index contributed by atoms with van der Waals surface area (Å²) in [6, 6.07) is 13.1. The van der Waals surface area contributed by atoms with Crippen molar-refractivity contribution >= 4 is 34.1 Å².